The average molecular weight is 311 g/mol. The molecule has 3 N–H and O–H groups in total. The zero-order valence-electron chi connectivity index (χ0n) is 11.5. The Bertz CT molecular complexity index is 721. The van der Waals surface area contributed by atoms with Gasteiger partial charge in [-0.05, 0) is 30.5 Å². The monoisotopic (exact) mass is 311 g/mol. The van der Waals surface area contributed by atoms with Crippen molar-refractivity contribution in [3.05, 3.63) is 34.8 Å². The maximum Gasteiger partial charge on any atom is 0.265 e. The molecule has 0 bridgehead atoms. The van der Waals surface area contributed by atoms with Crippen molar-refractivity contribution < 1.29 is 8.42 Å². The third-order valence-corrected chi connectivity index (χ3v) is 5.11. The summed E-state index contributed by atoms with van der Waals surface area (Å²) in [6.07, 6.45) is 0. The highest BCUT2D eigenvalue weighted by Crippen LogP contribution is 2.26. The van der Waals surface area contributed by atoms with Gasteiger partial charge in [0, 0.05) is 5.38 Å². The van der Waals surface area contributed by atoms with E-state index in [-0.39, 0.29) is 16.5 Å². The number of nitrogens with two attached hydrogens (primary N) is 1. The van der Waals surface area contributed by atoms with Gasteiger partial charge in [0.25, 0.3) is 10.0 Å². The van der Waals surface area contributed by atoms with E-state index >= 15 is 0 Å². The van der Waals surface area contributed by atoms with E-state index in [0.29, 0.717) is 5.13 Å². The summed E-state index contributed by atoms with van der Waals surface area (Å²) >= 11 is 1.27. The van der Waals surface area contributed by atoms with Gasteiger partial charge in [-0.15, -0.1) is 11.3 Å². The van der Waals surface area contributed by atoms with Crippen molar-refractivity contribution in [1.82, 2.24) is 4.98 Å². The number of aromatic nitrogens is 1. The number of sulfonamides is 1. The van der Waals surface area contributed by atoms with Gasteiger partial charge in [0.2, 0.25) is 0 Å². The number of benzene rings is 1. The normalized spacial score (nSPS) is 11.8. The zero-order valence-corrected chi connectivity index (χ0v) is 13.2. The molecule has 7 heteroatoms. The molecule has 0 atom stereocenters. The molecule has 20 heavy (non-hydrogen) atoms. The molecular formula is C13H17N3O2S2. The molecule has 0 aliphatic rings. The van der Waals surface area contributed by atoms with Gasteiger partial charge >= 0.3 is 0 Å². The van der Waals surface area contributed by atoms with Crippen LogP contribution in [0.2, 0.25) is 0 Å². The lowest BCUT2D eigenvalue weighted by Crippen LogP contribution is -2.14. The lowest BCUT2D eigenvalue weighted by atomic mass is 10.2. The topological polar surface area (TPSA) is 85.1 Å². The molecule has 0 saturated carbocycles. The maximum atomic E-state index is 12.3. The molecule has 0 radical (unpaired) electrons. The van der Waals surface area contributed by atoms with Crippen LogP contribution in [0.15, 0.2) is 28.5 Å². The smallest absolute Gasteiger partial charge is 0.265 e. The first kappa shape index (κ1) is 14.8. The fourth-order valence-corrected chi connectivity index (χ4v) is 3.92. The van der Waals surface area contributed by atoms with E-state index in [1.54, 1.807) is 12.1 Å². The molecule has 5 nitrogen and oxygen atoms in total. The summed E-state index contributed by atoms with van der Waals surface area (Å²) in [6.45, 7) is 5.87. The Labute approximate surface area is 122 Å². The van der Waals surface area contributed by atoms with Crippen LogP contribution < -0.4 is 10.5 Å². The van der Waals surface area contributed by atoms with Crippen molar-refractivity contribution in [1.29, 1.82) is 0 Å². The number of anilines is 2. The van der Waals surface area contributed by atoms with Crippen LogP contribution in [-0.2, 0) is 10.0 Å². The lowest BCUT2D eigenvalue weighted by molar-refractivity contribution is 0.601. The molecule has 108 valence electrons. The average Bonchev–Trinajstić information content (AvgIpc) is 2.76. The van der Waals surface area contributed by atoms with E-state index in [2.05, 4.69) is 9.71 Å². The molecule has 1 aromatic carbocycles. The fraction of sp³-hybridized carbons (Fsp3) is 0.308. The number of rotatable bonds is 4. The second kappa shape index (κ2) is 5.41. The molecule has 0 aliphatic heterocycles. The number of hydrogen-bond acceptors (Lipinski definition) is 5. The van der Waals surface area contributed by atoms with Gasteiger partial charge in [0.15, 0.2) is 5.13 Å². The highest BCUT2D eigenvalue weighted by molar-refractivity contribution is 7.93. The standard InChI is InChI=1S/C13H17N3O2S2/c1-8(2)11-7-19-13(15-11)16-20(17,18)12-5-4-9(3)6-10(12)14/h4-8H,14H2,1-3H3,(H,15,16). The molecule has 1 aromatic heterocycles. The molecule has 0 aliphatic carbocycles. The van der Waals surface area contributed by atoms with Crippen molar-refractivity contribution in [2.75, 3.05) is 10.5 Å². The third kappa shape index (κ3) is 3.10. The van der Waals surface area contributed by atoms with E-state index < -0.39 is 10.0 Å². The van der Waals surface area contributed by atoms with E-state index in [0.717, 1.165) is 11.3 Å². The van der Waals surface area contributed by atoms with Gasteiger partial charge in [-0.3, -0.25) is 4.72 Å². The minimum absolute atomic E-state index is 0.0735. The number of nitrogens with one attached hydrogen (secondary N) is 1. The number of nitrogens with zero attached hydrogens (tertiary/aromatic N) is 1. The van der Waals surface area contributed by atoms with Crippen molar-refractivity contribution in [2.24, 2.45) is 0 Å². The predicted molar refractivity (Wildman–Crippen MR) is 82.6 cm³/mol. The molecule has 0 fully saturated rings. The Morgan fingerprint density at radius 1 is 1.35 bits per heavy atom. The van der Waals surface area contributed by atoms with Gasteiger partial charge in [-0.1, -0.05) is 19.9 Å². The van der Waals surface area contributed by atoms with Gasteiger partial charge in [-0.2, -0.15) is 0 Å². The minimum Gasteiger partial charge on any atom is -0.398 e. The summed E-state index contributed by atoms with van der Waals surface area (Å²) in [5, 5.41) is 2.20. The van der Waals surface area contributed by atoms with Crippen LogP contribution >= 0.6 is 11.3 Å². The van der Waals surface area contributed by atoms with E-state index in [1.807, 2.05) is 26.2 Å². The summed E-state index contributed by atoms with van der Waals surface area (Å²) in [5.41, 5.74) is 7.79. The van der Waals surface area contributed by atoms with Crippen LogP contribution in [0, 0.1) is 6.92 Å². The van der Waals surface area contributed by atoms with Gasteiger partial charge in [-0.25, -0.2) is 13.4 Å². The van der Waals surface area contributed by atoms with Crippen LogP contribution in [0.1, 0.15) is 31.0 Å². The number of thiazole rings is 1. The first-order valence-electron chi connectivity index (χ1n) is 6.14. The Kier molecular flexibility index (Phi) is 4.01. The first-order chi connectivity index (χ1) is 9.29. The third-order valence-electron chi connectivity index (χ3n) is 2.79. The Morgan fingerprint density at radius 3 is 2.60 bits per heavy atom. The number of nitrogen functional groups attached to an aromatic ring is 1. The van der Waals surface area contributed by atoms with Gasteiger partial charge in [0.1, 0.15) is 4.90 Å². The number of aryl methyl sites for hydroxylation is 1. The number of hydrogen-bond donors (Lipinski definition) is 2. The highest BCUT2D eigenvalue weighted by atomic mass is 32.2. The fourth-order valence-electron chi connectivity index (χ4n) is 1.68. The summed E-state index contributed by atoms with van der Waals surface area (Å²) in [6, 6.07) is 4.85. The maximum absolute atomic E-state index is 12.3. The Hall–Kier alpha value is -1.60. The molecule has 2 rings (SSSR count). The zero-order chi connectivity index (χ0) is 14.9. The van der Waals surface area contributed by atoms with Crippen molar-refractivity contribution in [3.63, 3.8) is 0 Å². The molecule has 0 spiro atoms. The minimum atomic E-state index is -3.70. The molecule has 2 aromatic rings. The van der Waals surface area contributed by atoms with Crippen molar-refractivity contribution >= 4 is 32.2 Å². The molecule has 1 heterocycles. The molecule has 0 saturated heterocycles. The van der Waals surface area contributed by atoms with Crippen LogP contribution in [0.5, 0.6) is 0 Å². The second-order valence-corrected chi connectivity index (χ2v) is 7.39. The molecular weight excluding hydrogens is 294 g/mol. The highest BCUT2D eigenvalue weighted by Gasteiger charge is 2.19. The van der Waals surface area contributed by atoms with E-state index in [4.69, 9.17) is 5.73 Å². The summed E-state index contributed by atoms with van der Waals surface area (Å²) in [5.74, 6) is 0.258. The van der Waals surface area contributed by atoms with Crippen LogP contribution in [-0.4, -0.2) is 13.4 Å². The van der Waals surface area contributed by atoms with Crippen LogP contribution in [0.3, 0.4) is 0 Å². The summed E-state index contributed by atoms with van der Waals surface area (Å²) < 4.78 is 27.0. The van der Waals surface area contributed by atoms with Crippen molar-refractivity contribution in [2.45, 2.75) is 31.6 Å². The first-order valence-corrected chi connectivity index (χ1v) is 8.50. The van der Waals surface area contributed by atoms with Gasteiger partial charge < -0.3 is 5.73 Å². The lowest BCUT2D eigenvalue weighted by Gasteiger charge is -2.08. The van der Waals surface area contributed by atoms with E-state index in [9.17, 15) is 8.42 Å². The Morgan fingerprint density at radius 2 is 2.05 bits per heavy atom. The Balaban J connectivity index is 2.30. The summed E-state index contributed by atoms with van der Waals surface area (Å²) in [4.78, 5) is 4.33. The van der Waals surface area contributed by atoms with Crippen LogP contribution in [0.25, 0.3) is 0 Å². The largest absolute Gasteiger partial charge is 0.398 e. The quantitative estimate of drug-likeness (QED) is 0.850. The van der Waals surface area contributed by atoms with Crippen molar-refractivity contribution in [3.8, 4) is 0 Å². The SMILES string of the molecule is Cc1ccc(S(=O)(=O)Nc2nc(C(C)C)cs2)c(N)c1. The second-order valence-electron chi connectivity index (χ2n) is 4.88. The molecule has 0 amide bonds. The van der Waals surface area contributed by atoms with Gasteiger partial charge in [0.05, 0.1) is 11.4 Å². The predicted octanol–water partition coefficient (Wildman–Crippen LogP) is 2.96. The van der Waals surface area contributed by atoms with E-state index in [1.165, 1.54) is 17.4 Å². The molecule has 0 unspecified atom stereocenters. The van der Waals surface area contributed by atoms with Crippen LogP contribution in [0.4, 0.5) is 10.8 Å². The summed E-state index contributed by atoms with van der Waals surface area (Å²) in [7, 11) is -3.70.